The minimum atomic E-state index is -1.78. The van der Waals surface area contributed by atoms with E-state index >= 15 is 0 Å². The largest absolute Gasteiger partial charge is 0.394 e. The summed E-state index contributed by atoms with van der Waals surface area (Å²) < 4.78 is 22.9. The first-order valence-electron chi connectivity index (χ1n) is 36.3. The molecule has 2 heterocycles. The van der Waals surface area contributed by atoms with Crippen LogP contribution in [0.15, 0.2) is 0 Å². The van der Waals surface area contributed by atoms with Gasteiger partial charge < -0.3 is 65.1 Å². The number of carbonyl (C=O) groups is 1. The van der Waals surface area contributed by atoms with Gasteiger partial charge in [-0.05, 0) is 12.8 Å². The van der Waals surface area contributed by atoms with Crippen molar-refractivity contribution in [3.05, 3.63) is 0 Å². The van der Waals surface area contributed by atoms with Crippen LogP contribution >= 0.6 is 0 Å². The summed E-state index contributed by atoms with van der Waals surface area (Å²) in [5, 5.41) is 87.7. The molecule has 14 heteroatoms. The van der Waals surface area contributed by atoms with E-state index < -0.39 is 86.8 Å². The second-order valence-electron chi connectivity index (χ2n) is 26.1. The van der Waals surface area contributed by atoms with Gasteiger partial charge in [0.15, 0.2) is 12.6 Å². The van der Waals surface area contributed by atoms with E-state index in [-0.39, 0.29) is 12.5 Å². The van der Waals surface area contributed by atoms with E-state index in [4.69, 9.17) is 18.9 Å². The molecule has 0 spiro atoms. The Bertz CT molecular complexity index is 1410. The molecule has 0 aromatic rings. The summed E-state index contributed by atoms with van der Waals surface area (Å²) in [5.41, 5.74) is 0. The molecule has 84 heavy (non-hydrogen) atoms. The van der Waals surface area contributed by atoms with Crippen molar-refractivity contribution in [2.24, 2.45) is 0 Å². The summed E-state index contributed by atoms with van der Waals surface area (Å²) in [7, 11) is 0. The van der Waals surface area contributed by atoms with Crippen molar-refractivity contribution < 1.29 is 64.6 Å². The molecule has 2 aliphatic rings. The van der Waals surface area contributed by atoms with Crippen LogP contribution in [0, 0.1) is 0 Å². The summed E-state index contributed by atoms with van der Waals surface area (Å²) in [5.74, 6) is -0.196. The number of hydrogen-bond acceptors (Lipinski definition) is 13. The number of amides is 1. The van der Waals surface area contributed by atoms with Crippen LogP contribution in [-0.4, -0.2) is 140 Å². The number of unbranched alkanes of at least 4 members (excludes halogenated alkanes) is 48. The Balaban J connectivity index is 1.65. The zero-order valence-electron chi connectivity index (χ0n) is 54.4. The highest BCUT2D eigenvalue weighted by molar-refractivity contribution is 5.76. The maximum absolute atomic E-state index is 13.4. The van der Waals surface area contributed by atoms with Crippen LogP contribution in [0.2, 0.25) is 0 Å². The molecule has 2 aliphatic heterocycles. The second-order valence-corrected chi connectivity index (χ2v) is 26.1. The Morgan fingerprint density at radius 2 is 0.679 bits per heavy atom. The van der Waals surface area contributed by atoms with Gasteiger partial charge in [-0.15, -0.1) is 0 Å². The van der Waals surface area contributed by atoms with Gasteiger partial charge in [0, 0.05) is 6.42 Å². The molecular weight excluding hydrogens is 1060 g/mol. The third kappa shape index (κ3) is 39.9. The summed E-state index contributed by atoms with van der Waals surface area (Å²) in [4.78, 5) is 13.4. The van der Waals surface area contributed by atoms with Gasteiger partial charge in [0.1, 0.15) is 48.8 Å². The first-order valence-corrected chi connectivity index (χ1v) is 36.3. The van der Waals surface area contributed by atoms with Crippen LogP contribution in [0.25, 0.3) is 0 Å². The molecular formula is C70H137NO13. The molecule has 2 fully saturated rings. The molecule has 0 saturated carbocycles. The Labute approximate surface area is 514 Å². The quantitative estimate of drug-likeness (QED) is 0.0259. The number of nitrogens with one attached hydrogen (secondary N) is 1. The lowest BCUT2D eigenvalue weighted by molar-refractivity contribution is -0.359. The monoisotopic (exact) mass is 1200 g/mol. The number of aliphatic hydroxyl groups is 8. The van der Waals surface area contributed by atoms with E-state index in [1.54, 1.807) is 0 Å². The number of aliphatic hydroxyl groups excluding tert-OH is 8. The smallest absolute Gasteiger partial charge is 0.220 e. The summed E-state index contributed by atoms with van der Waals surface area (Å²) >= 11 is 0. The van der Waals surface area contributed by atoms with Gasteiger partial charge in [-0.1, -0.05) is 328 Å². The van der Waals surface area contributed by atoms with Gasteiger partial charge in [0.2, 0.25) is 5.91 Å². The fourth-order valence-corrected chi connectivity index (χ4v) is 12.5. The molecule has 0 bridgehead atoms. The summed E-state index contributed by atoms with van der Waals surface area (Å²) in [6, 6.07) is -0.824. The SMILES string of the molecule is CCCCCCCCCCCCCCCCCCCCCCCCCCCCC(O)C(COC1OC(CO)C(OC2OC(CO)C(O)C(O)C2O)C(O)C1O)NC(=O)CCCCCCCCCCCCCCCCCCCCCCCCCC. The standard InChI is InChI=1S/C70H137NO13/c1-3-5-7-9-11-13-15-17-19-21-23-25-27-29-30-31-33-35-37-39-41-43-45-47-49-51-53-59(74)58(57-81-69-67(80)65(78)68(61(56-73)83-69)84-70-66(79)64(77)63(76)60(55-72)82-70)71-62(75)54-52-50-48-46-44-42-40-38-36-34-32-28-26-24-22-20-18-16-14-12-10-8-6-4-2/h58-61,63-70,72-74,76-80H,3-57H2,1-2H3,(H,71,75). The van der Waals surface area contributed by atoms with Gasteiger partial charge >= 0.3 is 0 Å². The van der Waals surface area contributed by atoms with Crippen LogP contribution in [-0.2, 0) is 23.7 Å². The number of carbonyl (C=O) groups excluding carboxylic acids is 1. The van der Waals surface area contributed by atoms with Crippen LogP contribution < -0.4 is 5.32 Å². The molecule has 1 amide bonds. The lowest BCUT2D eigenvalue weighted by Crippen LogP contribution is -2.65. The van der Waals surface area contributed by atoms with Crippen molar-refractivity contribution in [3.8, 4) is 0 Å². The van der Waals surface area contributed by atoms with Gasteiger partial charge in [0.25, 0.3) is 0 Å². The highest BCUT2D eigenvalue weighted by atomic mass is 16.7. The molecule has 0 aliphatic carbocycles. The fourth-order valence-electron chi connectivity index (χ4n) is 12.5. The average Bonchev–Trinajstić information content (AvgIpc) is 3.36. The fraction of sp³-hybridized carbons (Fsp3) is 0.986. The number of ether oxygens (including phenoxy) is 4. The maximum atomic E-state index is 13.4. The molecule has 0 aromatic carbocycles. The summed E-state index contributed by atoms with van der Waals surface area (Å²) in [6.07, 6.45) is 49.8. The Kier molecular flexibility index (Phi) is 52.7. The van der Waals surface area contributed by atoms with E-state index in [2.05, 4.69) is 19.2 Å². The van der Waals surface area contributed by atoms with Crippen LogP contribution in [0.3, 0.4) is 0 Å². The minimum absolute atomic E-state index is 0.196. The number of hydrogen-bond donors (Lipinski definition) is 9. The van der Waals surface area contributed by atoms with Crippen LogP contribution in [0.4, 0.5) is 0 Å². The molecule has 14 nitrogen and oxygen atoms in total. The normalized spacial score (nSPS) is 23.5. The minimum Gasteiger partial charge on any atom is -0.394 e. The highest BCUT2D eigenvalue weighted by Crippen LogP contribution is 2.30. The molecule has 12 atom stereocenters. The zero-order valence-corrected chi connectivity index (χ0v) is 54.4. The van der Waals surface area contributed by atoms with Crippen molar-refractivity contribution >= 4 is 5.91 Å². The molecule has 0 radical (unpaired) electrons. The third-order valence-corrected chi connectivity index (χ3v) is 18.3. The van der Waals surface area contributed by atoms with Crippen molar-refractivity contribution in [1.29, 1.82) is 0 Å². The van der Waals surface area contributed by atoms with Gasteiger partial charge in [-0.2, -0.15) is 0 Å². The lowest BCUT2D eigenvalue weighted by Gasteiger charge is -2.46. The van der Waals surface area contributed by atoms with E-state index in [9.17, 15) is 45.6 Å². The Morgan fingerprint density at radius 1 is 0.381 bits per heavy atom. The van der Waals surface area contributed by atoms with Gasteiger partial charge in [-0.25, -0.2) is 0 Å². The molecule has 2 rings (SSSR count). The summed E-state index contributed by atoms with van der Waals surface area (Å²) in [6.45, 7) is 2.94. The molecule has 2 saturated heterocycles. The van der Waals surface area contributed by atoms with E-state index in [0.29, 0.717) is 12.8 Å². The average molecular weight is 1200 g/mol. The predicted octanol–water partition coefficient (Wildman–Crippen LogP) is 14.8. The Hall–Kier alpha value is -1.01. The molecule has 0 aromatic heterocycles. The Morgan fingerprint density at radius 3 is 1.01 bits per heavy atom. The van der Waals surface area contributed by atoms with Crippen LogP contribution in [0.5, 0.6) is 0 Å². The highest BCUT2D eigenvalue weighted by Gasteiger charge is 2.51. The van der Waals surface area contributed by atoms with E-state index in [0.717, 1.165) is 51.4 Å². The van der Waals surface area contributed by atoms with Gasteiger partial charge in [0.05, 0.1) is 32.0 Å². The predicted molar refractivity (Wildman–Crippen MR) is 342 cm³/mol. The first-order chi connectivity index (χ1) is 41.1. The van der Waals surface area contributed by atoms with Crippen LogP contribution in [0.1, 0.15) is 348 Å². The molecule has 500 valence electrons. The lowest BCUT2D eigenvalue weighted by atomic mass is 9.97. The molecule has 12 unspecified atom stereocenters. The molecule has 9 N–H and O–H groups in total. The topological polar surface area (TPSA) is 228 Å². The van der Waals surface area contributed by atoms with Gasteiger partial charge in [-0.3, -0.25) is 4.79 Å². The van der Waals surface area contributed by atoms with E-state index in [1.165, 1.54) is 270 Å². The zero-order chi connectivity index (χ0) is 60.9. The van der Waals surface area contributed by atoms with Crippen molar-refractivity contribution in [1.82, 2.24) is 5.32 Å². The number of rotatable bonds is 61. The van der Waals surface area contributed by atoms with Crippen molar-refractivity contribution in [3.63, 3.8) is 0 Å². The first kappa shape index (κ1) is 79.1. The van der Waals surface area contributed by atoms with Crippen molar-refractivity contribution in [2.75, 3.05) is 19.8 Å². The third-order valence-electron chi connectivity index (χ3n) is 18.3. The maximum Gasteiger partial charge on any atom is 0.220 e. The second kappa shape index (κ2) is 56.0. The van der Waals surface area contributed by atoms with Crippen molar-refractivity contribution in [2.45, 2.75) is 421 Å². The van der Waals surface area contributed by atoms with E-state index in [1.807, 2.05) is 0 Å².